The average Bonchev–Trinajstić information content (AvgIpc) is 3.18. The summed E-state index contributed by atoms with van der Waals surface area (Å²) in [7, 11) is 4.05. The van der Waals surface area contributed by atoms with E-state index >= 15 is 0 Å². The first-order valence-electron chi connectivity index (χ1n) is 11.5. The fourth-order valence-corrected chi connectivity index (χ4v) is 3.97. The zero-order chi connectivity index (χ0) is 24.3. The van der Waals surface area contributed by atoms with Crippen LogP contribution >= 0.6 is 0 Å². The molecule has 35 heavy (non-hydrogen) atoms. The second-order valence-corrected chi connectivity index (χ2v) is 8.64. The van der Waals surface area contributed by atoms with E-state index in [9.17, 15) is 0 Å². The van der Waals surface area contributed by atoms with Gasteiger partial charge in [-0.15, -0.1) is 4.59 Å². The summed E-state index contributed by atoms with van der Waals surface area (Å²) in [4.78, 5) is 11.4. The summed E-state index contributed by atoms with van der Waals surface area (Å²) in [5.74, 6) is 9.92. The van der Waals surface area contributed by atoms with Gasteiger partial charge in [-0.1, -0.05) is 30.3 Å². The van der Waals surface area contributed by atoms with Crippen molar-refractivity contribution in [3.63, 3.8) is 0 Å². The van der Waals surface area contributed by atoms with Gasteiger partial charge in [-0.05, 0) is 62.6 Å². The molecule has 0 fully saturated rings. The quantitative estimate of drug-likeness (QED) is 0.383. The predicted molar refractivity (Wildman–Crippen MR) is 139 cm³/mol. The minimum absolute atomic E-state index is 0.0521. The van der Waals surface area contributed by atoms with Gasteiger partial charge in [-0.3, -0.25) is 4.99 Å². The number of quaternary nitrogens is 1. The van der Waals surface area contributed by atoms with Gasteiger partial charge >= 0.3 is 0 Å². The fraction of sp³-hybridized carbons (Fsp3) is 0.143. The van der Waals surface area contributed by atoms with E-state index < -0.39 is 0 Å². The predicted octanol–water partition coefficient (Wildman–Crippen LogP) is 4.79. The number of nitrogens with two attached hydrogens (primary N) is 1. The molecule has 2 aliphatic heterocycles. The highest BCUT2D eigenvalue weighted by Gasteiger charge is 2.44. The average molecular weight is 467 g/mol. The van der Waals surface area contributed by atoms with Gasteiger partial charge in [-0.2, -0.15) is 10.8 Å². The summed E-state index contributed by atoms with van der Waals surface area (Å²) in [5, 5.41) is 0. The van der Waals surface area contributed by atoms with Crippen LogP contribution in [-0.2, 0) is 0 Å². The molecule has 0 aromatic heterocycles. The van der Waals surface area contributed by atoms with Gasteiger partial charge in [-0.25, -0.2) is 0 Å². The molecule has 0 aliphatic carbocycles. The number of hydrogen-bond donors (Lipinski definition) is 1. The Labute approximate surface area is 205 Å². The Kier molecular flexibility index (Phi) is 6.29. The fourth-order valence-electron chi connectivity index (χ4n) is 3.97. The SMILES string of the molecule is CN(C)CCOc1cccc(C2=C3C=NC=C[N+]3(N)C(c3ccc(Oc4ccccc4)cc3)=N2)c1. The lowest BCUT2D eigenvalue weighted by atomic mass is 10.1. The Bertz CT molecular complexity index is 1330. The number of fused-ring (bicyclic) bond motifs is 1. The third kappa shape index (κ3) is 4.79. The third-order valence-corrected chi connectivity index (χ3v) is 5.80. The van der Waals surface area contributed by atoms with Crippen LogP contribution in [0.1, 0.15) is 11.1 Å². The maximum atomic E-state index is 6.88. The number of allylic oxidation sites excluding steroid dienone is 1. The number of benzene rings is 3. The summed E-state index contributed by atoms with van der Waals surface area (Å²) in [6.07, 6.45) is 5.32. The van der Waals surface area contributed by atoms with E-state index in [0.717, 1.165) is 46.3 Å². The van der Waals surface area contributed by atoms with Gasteiger partial charge < -0.3 is 14.4 Å². The second kappa shape index (κ2) is 9.68. The van der Waals surface area contributed by atoms with E-state index in [0.29, 0.717) is 12.4 Å². The van der Waals surface area contributed by atoms with Crippen molar-refractivity contribution in [3.8, 4) is 17.2 Å². The van der Waals surface area contributed by atoms with Crippen molar-refractivity contribution in [3.05, 3.63) is 108 Å². The molecule has 0 saturated heterocycles. The number of ether oxygens (including phenoxy) is 2. The Morgan fingerprint density at radius 1 is 0.857 bits per heavy atom. The molecule has 0 spiro atoms. The Hall–Kier alpha value is -4.04. The van der Waals surface area contributed by atoms with Crippen molar-refractivity contribution in [2.24, 2.45) is 15.8 Å². The van der Waals surface area contributed by atoms with Crippen molar-refractivity contribution in [2.45, 2.75) is 0 Å². The molecule has 7 heteroatoms. The van der Waals surface area contributed by atoms with Crippen molar-refractivity contribution >= 4 is 17.7 Å². The summed E-state index contributed by atoms with van der Waals surface area (Å²) in [6, 6.07) is 25.4. The van der Waals surface area contributed by atoms with E-state index in [2.05, 4.69) is 9.89 Å². The monoisotopic (exact) mass is 466 g/mol. The van der Waals surface area contributed by atoms with Crippen LogP contribution in [0.5, 0.6) is 17.2 Å². The summed E-state index contributed by atoms with van der Waals surface area (Å²) >= 11 is 0. The molecule has 0 amide bonds. The second-order valence-electron chi connectivity index (χ2n) is 8.64. The molecule has 2 aliphatic rings. The first-order chi connectivity index (χ1) is 17.0. The number of para-hydroxylation sites is 1. The number of hydrogen-bond acceptors (Lipinski definition) is 6. The first-order valence-corrected chi connectivity index (χ1v) is 11.5. The molecular formula is C28H28N5O2+. The number of likely N-dealkylation sites (N-methyl/N-ethyl adjacent to an activating group) is 1. The Balaban J connectivity index is 1.44. The largest absolute Gasteiger partial charge is 0.492 e. The highest BCUT2D eigenvalue weighted by atomic mass is 16.5. The van der Waals surface area contributed by atoms with Crippen molar-refractivity contribution in [1.82, 2.24) is 4.90 Å². The molecule has 0 radical (unpaired) electrons. The van der Waals surface area contributed by atoms with Crippen LogP contribution < -0.4 is 15.3 Å². The van der Waals surface area contributed by atoms with E-state index in [4.69, 9.17) is 20.3 Å². The number of aliphatic imine (C=N–C) groups is 2. The standard InChI is InChI=1S/C28H28N5O2/c1-32(2)16-18-34-25-10-6-7-22(19-25)27-26-20-30-15-17-33(26,29)28(31-27)21-11-13-24(14-12-21)35-23-8-4-3-5-9-23/h3-15,17,19-20H,16,18,29H2,1-2H3/q+1. The lowest BCUT2D eigenvalue weighted by Gasteiger charge is -2.26. The normalized spacial score (nSPS) is 18.6. The summed E-state index contributed by atoms with van der Waals surface area (Å²) in [6.45, 7) is 1.44. The van der Waals surface area contributed by atoms with E-state index in [1.54, 1.807) is 12.4 Å². The third-order valence-electron chi connectivity index (χ3n) is 5.80. The molecule has 1 unspecified atom stereocenters. The van der Waals surface area contributed by atoms with Gasteiger partial charge in [0, 0.05) is 12.1 Å². The highest BCUT2D eigenvalue weighted by molar-refractivity contribution is 6.06. The van der Waals surface area contributed by atoms with Crippen LogP contribution in [0.4, 0.5) is 0 Å². The van der Waals surface area contributed by atoms with Crippen molar-refractivity contribution in [2.75, 3.05) is 27.2 Å². The minimum atomic E-state index is -0.0521. The molecule has 0 saturated carbocycles. The van der Waals surface area contributed by atoms with Gasteiger partial charge in [0.05, 0.1) is 18.0 Å². The van der Waals surface area contributed by atoms with Crippen LogP contribution in [-0.4, -0.2) is 48.8 Å². The summed E-state index contributed by atoms with van der Waals surface area (Å²) in [5.41, 5.74) is 3.41. The molecular weight excluding hydrogens is 438 g/mol. The van der Waals surface area contributed by atoms with Crippen LogP contribution in [0.3, 0.4) is 0 Å². The molecule has 1 atom stereocenters. The molecule has 176 valence electrons. The molecule has 0 bridgehead atoms. The van der Waals surface area contributed by atoms with Gasteiger partial charge in [0.1, 0.15) is 35.8 Å². The lowest BCUT2D eigenvalue weighted by molar-refractivity contribution is -0.749. The van der Waals surface area contributed by atoms with Gasteiger partial charge in [0.2, 0.25) is 5.70 Å². The van der Waals surface area contributed by atoms with Crippen LogP contribution in [0.15, 0.2) is 107 Å². The van der Waals surface area contributed by atoms with Gasteiger partial charge in [0.15, 0.2) is 0 Å². The smallest absolute Gasteiger partial charge is 0.265 e. The maximum Gasteiger partial charge on any atom is 0.265 e. The molecule has 3 aromatic rings. The minimum Gasteiger partial charge on any atom is -0.492 e. The topological polar surface area (TPSA) is 72.4 Å². The van der Waals surface area contributed by atoms with Crippen molar-refractivity contribution in [1.29, 1.82) is 0 Å². The Morgan fingerprint density at radius 3 is 2.37 bits per heavy atom. The van der Waals surface area contributed by atoms with Crippen molar-refractivity contribution < 1.29 is 14.1 Å². The van der Waals surface area contributed by atoms with Gasteiger partial charge in [0.25, 0.3) is 5.84 Å². The molecule has 2 heterocycles. The van der Waals surface area contributed by atoms with E-state index in [-0.39, 0.29) is 4.59 Å². The molecule has 2 N–H and O–H groups in total. The lowest BCUT2D eigenvalue weighted by Crippen LogP contribution is -2.53. The van der Waals surface area contributed by atoms with E-state index in [1.807, 2.05) is 99.2 Å². The zero-order valence-electron chi connectivity index (χ0n) is 19.8. The number of nitrogens with zero attached hydrogens (tertiary/aromatic N) is 4. The molecule has 7 nitrogen and oxygen atoms in total. The van der Waals surface area contributed by atoms with E-state index in [1.165, 1.54) is 0 Å². The number of amidine groups is 1. The van der Waals surface area contributed by atoms with Crippen LogP contribution in [0.25, 0.3) is 5.70 Å². The summed E-state index contributed by atoms with van der Waals surface area (Å²) < 4.78 is 11.8. The van der Waals surface area contributed by atoms with Crippen LogP contribution in [0, 0.1) is 0 Å². The highest BCUT2D eigenvalue weighted by Crippen LogP contribution is 2.37. The Morgan fingerprint density at radius 2 is 1.60 bits per heavy atom. The molecule has 5 rings (SSSR count). The zero-order valence-corrected chi connectivity index (χ0v) is 19.8. The molecule has 3 aromatic carbocycles. The van der Waals surface area contributed by atoms with Crippen LogP contribution in [0.2, 0.25) is 0 Å². The first kappa shape index (κ1) is 22.7. The number of rotatable bonds is 8. The maximum absolute atomic E-state index is 6.88.